The van der Waals surface area contributed by atoms with Crippen molar-refractivity contribution in [3.8, 4) is 0 Å². The molecule has 0 amide bonds. The Hall–Kier alpha value is -0.0100. The molecule has 2 heteroatoms. The number of hydrogen-bond acceptors (Lipinski definition) is 1. The lowest BCUT2D eigenvalue weighted by Crippen LogP contribution is -2.50. The van der Waals surface area contributed by atoms with Crippen LogP contribution in [0.2, 0.25) is 0 Å². The third-order valence-corrected chi connectivity index (χ3v) is 8.68. The molecular weight excluding hydrogens is 280 g/mol. The molecule has 0 radical (unpaired) electrons. The van der Waals surface area contributed by atoms with E-state index in [0.717, 1.165) is 30.6 Å². The van der Waals surface area contributed by atoms with E-state index in [2.05, 4.69) is 19.9 Å². The van der Waals surface area contributed by atoms with Crippen LogP contribution in [0.15, 0.2) is 11.6 Å². The van der Waals surface area contributed by atoms with Gasteiger partial charge in [-0.05, 0) is 80.0 Å². The van der Waals surface area contributed by atoms with Gasteiger partial charge >= 0.3 is 0 Å². The minimum absolute atomic E-state index is 0.0894. The van der Waals surface area contributed by atoms with E-state index in [1.54, 1.807) is 5.57 Å². The first-order valence-electron chi connectivity index (χ1n) is 8.97. The topological polar surface area (TPSA) is 20.2 Å². The molecule has 4 aliphatic carbocycles. The molecule has 3 unspecified atom stereocenters. The molecule has 4 rings (SSSR count). The average molecular weight is 309 g/mol. The second kappa shape index (κ2) is 4.74. The minimum Gasteiger partial charge on any atom is -0.393 e. The molecule has 0 spiro atoms. The molecule has 0 aromatic heterocycles. The van der Waals surface area contributed by atoms with Crippen molar-refractivity contribution in [2.75, 3.05) is 0 Å². The number of fused-ring (bicyclic) bond motifs is 5. The first kappa shape index (κ1) is 14.6. The van der Waals surface area contributed by atoms with Crippen molar-refractivity contribution >= 4 is 11.6 Å². The Morgan fingerprint density at radius 2 is 1.90 bits per heavy atom. The van der Waals surface area contributed by atoms with E-state index >= 15 is 0 Å². The zero-order valence-electron chi connectivity index (χ0n) is 13.4. The second-order valence-corrected chi connectivity index (χ2v) is 9.27. The van der Waals surface area contributed by atoms with E-state index in [4.69, 9.17) is 11.6 Å². The number of rotatable bonds is 0. The maximum Gasteiger partial charge on any atom is 0.0577 e. The van der Waals surface area contributed by atoms with Gasteiger partial charge in [-0.15, -0.1) is 11.6 Å². The van der Waals surface area contributed by atoms with Crippen molar-refractivity contribution in [3.05, 3.63) is 11.6 Å². The van der Waals surface area contributed by atoms with Crippen LogP contribution in [0.3, 0.4) is 0 Å². The van der Waals surface area contributed by atoms with Gasteiger partial charge in [0.1, 0.15) is 0 Å². The summed E-state index contributed by atoms with van der Waals surface area (Å²) in [5.41, 5.74) is 2.33. The maximum absolute atomic E-state index is 10.0. The van der Waals surface area contributed by atoms with Gasteiger partial charge in [0, 0.05) is 5.38 Å². The summed E-state index contributed by atoms with van der Waals surface area (Å²) in [6.07, 6.45) is 12.0. The fourth-order valence-electron chi connectivity index (χ4n) is 6.58. The molecule has 1 N–H and O–H groups in total. The number of alkyl halides is 1. The Morgan fingerprint density at radius 1 is 1.10 bits per heavy atom. The van der Waals surface area contributed by atoms with Crippen molar-refractivity contribution in [2.45, 2.75) is 76.7 Å². The minimum atomic E-state index is -0.0894. The predicted molar refractivity (Wildman–Crippen MR) is 87.4 cm³/mol. The summed E-state index contributed by atoms with van der Waals surface area (Å²) < 4.78 is 0. The Balaban J connectivity index is 1.68. The molecule has 0 heterocycles. The lowest BCUT2D eigenvalue weighted by atomic mass is 9.48. The van der Waals surface area contributed by atoms with Crippen LogP contribution in [0, 0.1) is 28.6 Å². The molecule has 3 fully saturated rings. The molecule has 0 saturated heterocycles. The van der Waals surface area contributed by atoms with Gasteiger partial charge < -0.3 is 5.11 Å². The number of aliphatic hydroxyl groups is 1. The molecule has 0 aromatic rings. The first-order chi connectivity index (χ1) is 9.95. The summed E-state index contributed by atoms with van der Waals surface area (Å²) in [5.74, 6) is 2.52. The molecule has 0 aliphatic heterocycles. The molecule has 1 nitrogen and oxygen atoms in total. The average Bonchev–Trinajstić information content (AvgIpc) is 2.76. The summed E-state index contributed by atoms with van der Waals surface area (Å²) in [4.78, 5) is 0. The Bertz CT molecular complexity index is 472. The summed E-state index contributed by atoms with van der Waals surface area (Å²) in [6.45, 7) is 4.96. The summed E-state index contributed by atoms with van der Waals surface area (Å²) >= 11 is 6.70. The molecular formula is C19H29ClO. The zero-order chi connectivity index (χ0) is 14.8. The van der Waals surface area contributed by atoms with Gasteiger partial charge in [0.05, 0.1) is 6.10 Å². The monoisotopic (exact) mass is 308 g/mol. The van der Waals surface area contributed by atoms with Gasteiger partial charge in [-0.1, -0.05) is 25.5 Å². The first-order valence-corrected chi connectivity index (χ1v) is 9.40. The predicted octanol–water partition coefficient (Wildman–Crippen LogP) is 4.92. The van der Waals surface area contributed by atoms with Gasteiger partial charge in [0.2, 0.25) is 0 Å². The molecule has 4 aliphatic rings. The Morgan fingerprint density at radius 3 is 2.71 bits per heavy atom. The smallest absolute Gasteiger partial charge is 0.0577 e. The van der Waals surface area contributed by atoms with E-state index in [9.17, 15) is 5.11 Å². The summed E-state index contributed by atoms with van der Waals surface area (Å²) in [5, 5.41) is 10.4. The molecule has 21 heavy (non-hydrogen) atoms. The van der Waals surface area contributed by atoms with Crippen LogP contribution in [0.25, 0.3) is 0 Å². The van der Waals surface area contributed by atoms with Crippen LogP contribution in [0.5, 0.6) is 0 Å². The standard InChI is InChI=1S/C19H29ClO/c1-18-9-7-13(21)11-12(18)3-4-14-15-5-6-17(20)19(15,2)10-8-16(14)18/h3,13-17,21H,4-11H2,1-2H3/t13-,14?,15?,16?,17-,18-,19-/m0/s1. The number of allylic oxidation sites excluding steroid dienone is 1. The van der Waals surface area contributed by atoms with Gasteiger partial charge in [0.15, 0.2) is 0 Å². The van der Waals surface area contributed by atoms with Crippen LogP contribution in [0.1, 0.15) is 65.2 Å². The lowest BCUT2D eigenvalue weighted by Gasteiger charge is -2.57. The van der Waals surface area contributed by atoms with Crippen LogP contribution >= 0.6 is 11.6 Å². The molecule has 118 valence electrons. The van der Waals surface area contributed by atoms with Crippen molar-refractivity contribution in [1.82, 2.24) is 0 Å². The second-order valence-electron chi connectivity index (χ2n) is 8.75. The van der Waals surface area contributed by atoms with E-state index in [1.165, 1.54) is 38.5 Å². The van der Waals surface area contributed by atoms with Gasteiger partial charge in [-0.25, -0.2) is 0 Å². The van der Waals surface area contributed by atoms with Crippen LogP contribution in [-0.2, 0) is 0 Å². The van der Waals surface area contributed by atoms with Gasteiger partial charge in [0.25, 0.3) is 0 Å². The van der Waals surface area contributed by atoms with Crippen LogP contribution in [0.4, 0.5) is 0 Å². The van der Waals surface area contributed by atoms with E-state index in [-0.39, 0.29) is 6.10 Å². The van der Waals surface area contributed by atoms with Crippen LogP contribution < -0.4 is 0 Å². The number of aliphatic hydroxyl groups excluding tert-OH is 1. The highest BCUT2D eigenvalue weighted by atomic mass is 35.5. The van der Waals surface area contributed by atoms with Crippen molar-refractivity contribution in [3.63, 3.8) is 0 Å². The SMILES string of the molecule is C[C@]12CC[C@H](O)CC1=CCC1C2CC[C@@]2(C)C1CC[C@@H]2Cl. The highest BCUT2D eigenvalue weighted by Crippen LogP contribution is 2.65. The van der Waals surface area contributed by atoms with Crippen molar-refractivity contribution < 1.29 is 5.11 Å². The summed E-state index contributed by atoms with van der Waals surface area (Å²) in [6, 6.07) is 0. The fourth-order valence-corrected chi connectivity index (χ4v) is 6.97. The van der Waals surface area contributed by atoms with E-state index in [1.807, 2.05) is 0 Å². The van der Waals surface area contributed by atoms with E-state index < -0.39 is 0 Å². The zero-order valence-corrected chi connectivity index (χ0v) is 14.2. The van der Waals surface area contributed by atoms with Crippen molar-refractivity contribution in [2.24, 2.45) is 28.6 Å². The molecule has 3 saturated carbocycles. The highest BCUT2D eigenvalue weighted by Gasteiger charge is 2.58. The highest BCUT2D eigenvalue weighted by molar-refractivity contribution is 6.21. The largest absolute Gasteiger partial charge is 0.393 e. The number of hydrogen-bond donors (Lipinski definition) is 1. The third kappa shape index (κ3) is 1.92. The number of halogens is 1. The fraction of sp³-hybridized carbons (Fsp3) is 0.895. The lowest BCUT2D eigenvalue weighted by molar-refractivity contribution is -0.0351. The summed E-state index contributed by atoms with van der Waals surface area (Å²) in [7, 11) is 0. The van der Waals surface area contributed by atoms with E-state index in [0.29, 0.717) is 16.2 Å². The van der Waals surface area contributed by atoms with Crippen LogP contribution in [-0.4, -0.2) is 16.6 Å². The van der Waals surface area contributed by atoms with Gasteiger partial charge in [-0.2, -0.15) is 0 Å². The maximum atomic E-state index is 10.0. The third-order valence-electron chi connectivity index (χ3n) is 7.96. The molecule has 0 aromatic carbocycles. The molecule has 7 atom stereocenters. The van der Waals surface area contributed by atoms with Crippen molar-refractivity contribution in [1.29, 1.82) is 0 Å². The quantitative estimate of drug-likeness (QED) is 0.497. The normalized spacial score (nSPS) is 56.2. The van der Waals surface area contributed by atoms with Gasteiger partial charge in [-0.3, -0.25) is 0 Å². The molecule has 0 bridgehead atoms. The Kier molecular flexibility index (Phi) is 3.29. The Labute approximate surface area is 134 Å².